The summed E-state index contributed by atoms with van der Waals surface area (Å²) in [7, 11) is 0. The van der Waals surface area contributed by atoms with Gasteiger partial charge in [0.15, 0.2) is 11.5 Å². The average molecular weight is 313 g/mol. The Morgan fingerprint density at radius 1 is 1.17 bits per heavy atom. The lowest BCUT2D eigenvalue weighted by molar-refractivity contribution is 0.154. The van der Waals surface area contributed by atoms with E-state index in [0.29, 0.717) is 5.69 Å². The van der Waals surface area contributed by atoms with Gasteiger partial charge in [-0.05, 0) is 30.2 Å². The maximum absolute atomic E-state index is 11.9. The van der Waals surface area contributed by atoms with E-state index >= 15 is 0 Å². The Bertz CT molecular complexity index is 685. The van der Waals surface area contributed by atoms with Crippen LogP contribution in [0.15, 0.2) is 42.5 Å². The number of rotatable bonds is 5. The quantitative estimate of drug-likeness (QED) is 0.902. The second kappa shape index (κ2) is 7.05. The third-order valence-corrected chi connectivity index (χ3v) is 3.62. The number of ether oxygens (including phenoxy) is 3. The second-order valence-electron chi connectivity index (χ2n) is 5.25. The second-order valence-corrected chi connectivity index (χ2v) is 5.25. The summed E-state index contributed by atoms with van der Waals surface area (Å²) in [5.74, 6) is 1.53. The number of anilines is 1. The Morgan fingerprint density at radius 3 is 2.78 bits per heavy atom. The molecule has 0 saturated heterocycles. The van der Waals surface area contributed by atoms with Crippen LogP contribution in [0, 0.1) is 0 Å². The molecular formula is C18H19NO4. The molecule has 0 unspecified atom stereocenters. The molecule has 0 saturated carbocycles. The van der Waals surface area contributed by atoms with Crippen molar-refractivity contribution in [2.45, 2.75) is 26.4 Å². The number of carbonyl (C=O) groups is 1. The highest BCUT2D eigenvalue weighted by Gasteiger charge is 2.20. The van der Waals surface area contributed by atoms with E-state index < -0.39 is 6.09 Å². The number of fused-ring (bicyclic) bond motifs is 1. The molecule has 3 rings (SSSR count). The molecule has 0 atom stereocenters. The van der Waals surface area contributed by atoms with Crippen molar-refractivity contribution in [3.8, 4) is 11.5 Å². The Kier molecular flexibility index (Phi) is 4.66. The van der Waals surface area contributed by atoms with Crippen LogP contribution in [0.25, 0.3) is 0 Å². The minimum absolute atomic E-state index is 0.199. The van der Waals surface area contributed by atoms with Gasteiger partial charge in [-0.25, -0.2) is 4.79 Å². The van der Waals surface area contributed by atoms with Crippen molar-refractivity contribution in [1.82, 2.24) is 0 Å². The topological polar surface area (TPSA) is 56.8 Å². The third kappa shape index (κ3) is 3.56. The Labute approximate surface area is 135 Å². The van der Waals surface area contributed by atoms with E-state index in [2.05, 4.69) is 12.2 Å². The molecule has 1 heterocycles. The SMILES string of the molecule is CCCc1c(COC(=O)Nc2ccccc2)ccc2c1OCO2. The van der Waals surface area contributed by atoms with Gasteiger partial charge in [-0.2, -0.15) is 0 Å². The number of carbonyl (C=O) groups excluding carboxylic acids is 1. The van der Waals surface area contributed by atoms with Crippen LogP contribution in [0.5, 0.6) is 11.5 Å². The molecule has 2 aromatic rings. The molecular weight excluding hydrogens is 294 g/mol. The predicted molar refractivity (Wildman–Crippen MR) is 86.8 cm³/mol. The number of hydrogen-bond donors (Lipinski definition) is 1. The van der Waals surface area contributed by atoms with Crippen LogP contribution in [0.2, 0.25) is 0 Å². The summed E-state index contributed by atoms with van der Waals surface area (Å²) in [5, 5.41) is 2.70. The van der Waals surface area contributed by atoms with Gasteiger partial charge in [0, 0.05) is 11.3 Å². The van der Waals surface area contributed by atoms with Gasteiger partial charge < -0.3 is 14.2 Å². The minimum atomic E-state index is -0.476. The Morgan fingerprint density at radius 2 is 2.00 bits per heavy atom. The maximum atomic E-state index is 11.9. The van der Waals surface area contributed by atoms with Gasteiger partial charge in [0.05, 0.1) is 0 Å². The number of hydrogen-bond acceptors (Lipinski definition) is 4. The molecule has 120 valence electrons. The molecule has 23 heavy (non-hydrogen) atoms. The Balaban J connectivity index is 1.67. The fourth-order valence-electron chi connectivity index (χ4n) is 2.55. The third-order valence-electron chi connectivity index (χ3n) is 3.62. The molecule has 5 heteroatoms. The largest absolute Gasteiger partial charge is 0.454 e. The zero-order valence-corrected chi connectivity index (χ0v) is 13.0. The molecule has 1 amide bonds. The molecule has 1 N–H and O–H groups in total. The molecule has 2 aromatic carbocycles. The highest BCUT2D eigenvalue weighted by Crippen LogP contribution is 2.38. The van der Waals surface area contributed by atoms with Crippen molar-refractivity contribution in [2.75, 3.05) is 12.1 Å². The van der Waals surface area contributed by atoms with Crippen molar-refractivity contribution >= 4 is 11.8 Å². The molecule has 0 aliphatic carbocycles. The Hall–Kier alpha value is -2.69. The summed E-state index contributed by atoms with van der Waals surface area (Å²) in [6, 6.07) is 13.0. The van der Waals surface area contributed by atoms with Gasteiger partial charge in [0.25, 0.3) is 0 Å². The smallest absolute Gasteiger partial charge is 0.411 e. The molecule has 1 aliphatic heterocycles. The first-order valence-corrected chi connectivity index (χ1v) is 7.67. The zero-order valence-electron chi connectivity index (χ0n) is 13.0. The highest BCUT2D eigenvalue weighted by molar-refractivity contribution is 5.84. The molecule has 0 radical (unpaired) electrons. The first-order chi connectivity index (χ1) is 11.3. The average Bonchev–Trinajstić information content (AvgIpc) is 3.04. The van der Waals surface area contributed by atoms with E-state index in [9.17, 15) is 4.79 Å². The lowest BCUT2D eigenvalue weighted by Crippen LogP contribution is -2.14. The summed E-state index contributed by atoms with van der Waals surface area (Å²) in [4.78, 5) is 11.9. The van der Waals surface area contributed by atoms with E-state index in [1.54, 1.807) is 0 Å². The van der Waals surface area contributed by atoms with E-state index in [1.165, 1.54) is 0 Å². The summed E-state index contributed by atoms with van der Waals surface area (Å²) >= 11 is 0. The van der Waals surface area contributed by atoms with Crippen LogP contribution >= 0.6 is 0 Å². The summed E-state index contributed by atoms with van der Waals surface area (Å²) in [6.45, 7) is 2.54. The van der Waals surface area contributed by atoms with E-state index in [1.807, 2.05) is 42.5 Å². The molecule has 0 fully saturated rings. The number of nitrogens with one attached hydrogen (secondary N) is 1. The van der Waals surface area contributed by atoms with Crippen LogP contribution < -0.4 is 14.8 Å². The van der Waals surface area contributed by atoms with Gasteiger partial charge in [-0.15, -0.1) is 0 Å². The van der Waals surface area contributed by atoms with Gasteiger partial charge in [0.2, 0.25) is 6.79 Å². The number of amides is 1. The normalized spacial score (nSPS) is 12.0. The zero-order chi connectivity index (χ0) is 16.1. The summed E-state index contributed by atoms with van der Waals surface area (Å²) < 4.78 is 16.3. The van der Waals surface area contributed by atoms with Crippen LogP contribution in [-0.2, 0) is 17.8 Å². The molecule has 0 spiro atoms. The van der Waals surface area contributed by atoms with Crippen LogP contribution in [0.3, 0.4) is 0 Å². The van der Waals surface area contributed by atoms with Crippen molar-refractivity contribution in [2.24, 2.45) is 0 Å². The predicted octanol–water partition coefficient (Wildman–Crippen LogP) is 4.12. The van der Waals surface area contributed by atoms with Crippen LogP contribution in [0.1, 0.15) is 24.5 Å². The van der Waals surface area contributed by atoms with Crippen LogP contribution in [-0.4, -0.2) is 12.9 Å². The fourth-order valence-corrected chi connectivity index (χ4v) is 2.55. The van der Waals surface area contributed by atoms with Crippen molar-refractivity contribution in [3.63, 3.8) is 0 Å². The highest BCUT2D eigenvalue weighted by atomic mass is 16.7. The van der Waals surface area contributed by atoms with Gasteiger partial charge >= 0.3 is 6.09 Å². The summed E-state index contributed by atoms with van der Waals surface area (Å²) in [6.07, 6.45) is 1.35. The minimum Gasteiger partial charge on any atom is -0.454 e. The van der Waals surface area contributed by atoms with Crippen molar-refractivity contribution in [3.05, 3.63) is 53.6 Å². The van der Waals surface area contributed by atoms with Gasteiger partial charge in [-0.1, -0.05) is 37.6 Å². The monoisotopic (exact) mass is 313 g/mol. The van der Waals surface area contributed by atoms with Crippen molar-refractivity contribution in [1.29, 1.82) is 0 Å². The van der Waals surface area contributed by atoms with Crippen LogP contribution in [0.4, 0.5) is 10.5 Å². The van der Waals surface area contributed by atoms with Gasteiger partial charge in [0.1, 0.15) is 6.61 Å². The first kappa shape index (κ1) is 15.2. The summed E-state index contributed by atoms with van der Waals surface area (Å²) in [5.41, 5.74) is 2.70. The molecule has 0 aromatic heterocycles. The maximum Gasteiger partial charge on any atom is 0.411 e. The lowest BCUT2D eigenvalue weighted by Gasteiger charge is -2.12. The van der Waals surface area contributed by atoms with E-state index in [-0.39, 0.29) is 13.4 Å². The van der Waals surface area contributed by atoms with E-state index in [0.717, 1.165) is 35.5 Å². The van der Waals surface area contributed by atoms with Crippen molar-refractivity contribution < 1.29 is 19.0 Å². The molecule has 5 nitrogen and oxygen atoms in total. The number of benzene rings is 2. The fraction of sp³-hybridized carbons (Fsp3) is 0.278. The van der Waals surface area contributed by atoms with E-state index in [4.69, 9.17) is 14.2 Å². The van der Waals surface area contributed by atoms with Gasteiger partial charge in [-0.3, -0.25) is 5.32 Å². The molecule has 0 bridgehead atoms. The molecule has 1 aliphatic rings. The first-order valence-electron chi connectivity index (χ1n) is 7.67. The standard InChI is InChI=1S/C18H19NO4/c1-2-6-15-13(9-10-16-17(15)23-12-22-16)11-21-18(20)19-14-7-4-3-5-8-14/h3-5,7-10H,2,6,11-12H2,1H3,(H,19,20). The lowest BCUT2D eigenvalue weighted by atomic mass is 10.0. The number of para-hydroxylation sites is 1.